The van der Waals surface area contributed by atoms with Crippen LogP contribution in [0.1, 0.15) is 10.1 Å². The van der Waals surface area contributed by atoms with E-state index in [-0.39, 0.29) is 5.25 Å². The zero-order valence-electron chi connectivity index (χ0n) is 8.90. The van der Waals surface area contributed by atoms with Crippen LogP contribution in [-0.4, -0.2) is 6.54 Å². The van der Waals surface area contributed by atoms with Gasteiger partial charge in [-0.05, 0) is 30.3 Å². The van der Waals surface area contributed by atoms with Gasteiger partial charge in [-0.2, -0.15) is 0 Å². The molecular weight excluding hydrogens is 338 g/mol. The fourth-order valence-electron chi connectivity index (χ4n) is 1.43. The number of thioether (sulfide) groups is 1. The number of hydrogen-bond donors (Lipinski definition) is 1. The second-order valence-electron chi connectivity index (χ2n) is 3.44. The quantitative estimate of drug-likeness (QED) is 0.791. The van der Waals surface area contributed by atoms with Crippen molar-refractivity contribution in [3.8, 4) is 0 Å². The Kier molecular flexibility index (Phi) is 4.94. The molecular formula is C12H11BrClNS2. The van der Waals surface area contributed by atoms with Gasteiger partial charge in [0.2, 0.25) is 0 Å². The maximum Gasteiger partial charge on any atom is 0.0931 e. The molecule has 0 aliphatic heterocycles. The van der Waals surface area contributed by atoms with E-state index in [1.54, 1.807) is 23.1 Å². The monoisotopic (exact) mass is 347 g/mol. The molecule has 2 N–H and O–H groups in total. The summed E-state index contributed by atoms with van der Waals surface area (Å²) in [5, 5.41) is 0.266. The van der Waals surface area contributed by atoms with Gasteiger partial charge < -0.3 is 5.73 Å². The topological polar surface area (TPSA) is 26.0 Å². The second kappa shape index (κ2) is 6.25. The van der Waals surface area contributed by atoms with Crippen molar-refractivity contribution in [1.82, 2.24) is 0 Å². The number of thiophene rings is 1. The summed E-state index contributed by atoms with van der Waals surface area (Å²) in [5.41, 5.74) is 5.83. The van der Waals surface area contributed by atoms with E-state index in [1.807, 2.05) is 18.2 Å². The van der Waals surface area contributed by atoms with Gasteiger partial charge in [-0.15, -0.1) is 23.1 Å². The molecule has 1 nitrogen and oxygen atoms in total. The summed E-state index contributed by atoms with van der Waals surface area (Å²) in [6.07, 6.45) is 0. The summed E-state index contributed by atoms with van der Waals surface area (Å²) in [7, 11) is 0. The highest BCUT2D eigenvalue weighted by molar-refractivity contribution is 9.10. The Morgan fingerprint density at radius 1 is 1.35 bits per heavy atom. The van der Waals surface area contributed by atoms with E-state index in [0.717, 1.165) is 8.81 Å². The van der Waals surface area contributed by atoms with Crippen LogP contribution in [-0.2, 0) is 0 Å². The number of nitrogens with two attached hydrogens (primary N) is 1. The maximum absolute atomic E-state index is 5.95. The lowest BCUT2D eigenvalue weighted by Gasteiger charge is -2.12. The lowest BCUT2D eigenvalue weighted by atomic mass is 10.3. The molecule has 2 rings (SSSR count). The third-order valence-corrected chi connectivity index (χ3v) is 5.44. The highest BCUT2D eigenvalue weighted by Gasteiger charge is 2.13. The van der Waals surface area contributed by atoms with Gasteiger partial charge in [-0.25, -0.2) is 0 Å². The van der Waals surface area contributed by atoms with Crippen LogP contribution in [0.2, 0.25) is 4.34 Å². The number of halogens is 2. The van der Waals surface area contributed by atoms with Crippen molar-refractivity contribution in [2.24, 2.45) is 5.73 Å². The molecule has 1 unspecified atom stereocenters. The van der Waals surface area contributed by atoms with Crippen molar-refractivity contribution in [2.75, 3.05) is 6.54 Å². The molecule has 0 radical (unpaired) electrons. The first kappa shape index (κ1) is 13.4. The molecule has 0 aliphatic rings. The SMILES string of the molecule is NCC(Sc1cccc(Br)c1)c1ccc(Cl)s1. The summed E-state index contributed by atoms with van der Waals surface area (Å²) in [5.74, 6) is 0. The minimum Gasteiger partial charge on any atom is -0.329 e. The average Bonchev–Trinajstić information content (AvgIpc) is 2.73. The molecule has 5 heteroatoms. The van der Waals surface area contributed by atoms with E-state index < -0.39 is 0 Å². The number of benzene rings is 1. The van der Waals surface area contributed by atoms with Crippen LogP contribution < -0.4 is 5.73 Å². The van der Waals surface area contributed by atoms with E-state index in [2.05, 4.69) is 34.1 Å². The highest BCUT2D eigenvalue weighted by atomic mass is 79.9. The van der Waals surface area contributed by atoms with Crippen LogP contribution in [0, 0.1) is 0 Å². The van der Waals surface area contributed by atoms with Crippen molar-refractivity contribution >= 4 is 50.6 Å². The number of rotatable bonds is 4. The molecule has 0 aliphatic carbocycles. The molecule has 0 bridgehead atoms. The fourth-order valence-corrected chi connectivity index (χ4v) is 4.29. The molecule has 1 atom stereocenters. The lowest BCUT2D eigenvalue weighted by Crippen LogP contribution is -2.07. The smallest absolute Gasteiger partial charge is 0.0931 e. The Hall–Kier alpha value is -0.0000000000000000278. The first-order valence-corrected chi connectivity index (χ1v) is 7.93. The standard InChI is InChI=1S/C12H11BrClNS2/c13-8-2-1-3-9(6-8)16-11(7-15)10-4-5-12(14)17-10/h1-6,11H,7,15H2. The first-order valence-electron chi connectivity index (χ1n) is 5.06. The summed E-state index contributed by atoms with van der Waals surface area (Å²) >= 11 is 12.8. The Bertz CT molecular complexity index is 501. The minimum atomic E-state index is 0.266. The lowest BCUT2D eigenvalue weighted by molar-refractivity contribution is 0.960. The van der Waals surface area contributed by atoms with Crippen LogP contribution in [0.15, 0.2) is 45.8 Å². The van der Waals surface area contributed by atoms with Gasteiger partial charge in [-0.1, -0.05) is 33.6 Å². The zero-order valence-corrected chi connectivity index (χ0v) is 12.9. The summed E-state index contributed by atoms with van der Waals surface area (Å²) in [6, 6.07) is 12.2. The molecule has 1 aromatic heterocycles. The summed E-state index contributed by atoms with van der Waals surface area (Å²) in [6.45, 7) is 0.605. The van der Waals surface area contributed by atoms with Crippen LogP contribution in [0.3, 0.4) is 0 Å². The predicted molar refractivity (Wildman–Crippen MR) is 81.1 cm³/mol. The average molecular weight is 349 g/mol. The van der Waals surface area contributed by atoms with Crippen LogP contribution >= 0.6 is 50.6 Å². The Labute approximate surface area is 122 Å². The van der Waals surface area contributed by atoms with Crippen molar-refractivity contribution < 1.29 is 0 Å². The third kappa shape index (κ3) is 3.73. The van der Waals surface area contributed by atoms with Crippen LogP contribution in [0.25, 0.3) is 0 Å². The van der Waals surface area contributed by atoms with Gasteiger partial charge in [0.05, 0.1) is 9.59 Å². The van der Waals surface area contributed by atoms with Crippen molar-refractivity contribution in [3.05, 3.63) is 50.1 Å². The summed E-state index contributed by atoms with van der Waals surface area (Å²) in [4.78, 5) is 2.43. The van der Waals surface area contributed by atoms with Crippen molar-refractivity contribution in [3.63, 3.8) is 0 Å². The van der Waals surface area contributed by atoms with Gasteiger partial charge in [0.25, 0.3) is 0 Å². The van der Waals surface area contributed by atoms with Crippen LogP contribution in [0.4, 0.5) is 0 Å². The Balaban J connectivity index is 2.15. The van der Waals surface area contributed by atoms with Crippen molar-refractivity contribution in [2.45, 2.75) is 10.1 Å². The van der Waals surface area contributed by atoms with E-state index in [1.165, 1.54) is 9.77 Å². The molecule has 90 valence electrons. The molecule has 0 fully saturated rings. The second-order valence-corrected chi connectivity index (χ2v) is 7.38. The van der Waals surface area contributed by atoms with E-state index in [9.17, 15) is 0 Å². The molecule has 1 heterocycles. The molecule has 2 aromatic rings. The molecule has 0 amide bonds. The van der Waals surface area contributed by atoms with E-state index >= 15 is 0 Å². The van der Waals surface area contributed by atoms with Gasteiger partial charge in [-0.3, -0.25) is 0 Å². The Morgan fingerprint density at radius 2 is 2.18 bits per heavy atom. The highest BCUT2D eigenvalue weighted by Crippen LogP contribution is 2.39. The number of hydrogen-bond acceptors (Lipinski definition) is 3. The van der Waals surface area contributed by atoms with Gasteiger partial charge in [0, 0.05) is 20.8 Å². The summed E-state index contributed by atoms with van der Waals surface area (Å²) < 4.78 is 1.90. The van der Waals surface area contributed by atoms with Crippen LogP contribution in [0.5, 0.6) is 0 Å². The predicted octanol–water partition coefficient (Wildman–Crippen LogP) is 4.96. The normalized spacial score (nSPS) is 12.6. The maximum atomic E-state index is 5.95. The first-order chi connectivity index (χ1) is 8.19. The fraction of sp³-hybridized carbons (Fsp3) is 0.167. The Morgan fingerprint density at radius 3 is 2.76 bits per heavy atom. The molecule has 17 heavy (non-hydrogen) atoms. The van der Waals surface area contributed by atoms with Crippen molar-refractivity contribution in [1.29, 1.82) is 0 Å². The molecule has 0 saturated carbocycles. The van der Waals surface area contributed by atoms with Gasteiger partial charge in [0.1, 0.15) is 0 Å². The van der Waals surface area contributed by atoms with Gasteiger partial charge >= 0.3 is 0 Å². The zero-order chi connectivity index (χ0) is 12.3. The largest absolute Gasteiger partial charge is 0.329 e. The molecule has 1 aromatic carbocycles. The van der Waals surface area contributed by atoms with E-state index in [0.29, 0.717) is 6.54 Å². The molecule has 0 saturated heterocycles. The third-order valence-electron chi connectivity index (χ3n) is 2.20. The minimum absolute atomic E-state index is 0.266. The molecule has 0 spiro atoms. The van der Waals surface area contributed by atoms with Gasteiger partial charge in [0.15, 0.2) is 0 Å². The van der Waals surface area contributed by atoms with E-state index in [4.69, 9.17) is 17.3 Å².